The number of amides is 3. The van der Waals surface area contributed by atoms with Crippen LogP contribution in [0.3, 0.4) is 0 Å². The summed E-state index contributed by atoms with van der Waals surface area (Å²) in [5.74, 6) is -3.90. The predicted octanol–water partition coefficient (Wildman–Crippen LogP) is 1.35. The van der Waals surface area contributed by atoms with E-state index in [0.29, 0.717) is 6.42 Å². The van der Waals surface area contributed by atoms with Crippen molar-refractivity contribution in [1.82, 2.24) is 9.80 Å². The number of rotatable bonds is 10. The van der Waals surface area contributed by atoms with Crippen LogP contribution in [0, 0.1) is 0 Å². The molecule has 1 fully saturated rings. The molecule has 3 amide bonds. The third kappa shape index (κ3) is 6.09. The highest BCUT2D eigenvalue weighted by atomic mass is 32.2. The van der Waals surface area contributed by atoms with Gasteiger partial charge in [-0.2, -0.15) is 4.79 Å². The van der Waals surface area contributed by atoms with Crippen molar-refractivity contribution in [2.24, 2.45) is 0 Å². The molecule has 188 valence electrons. The van der Waals surface area contributed by atoms with E-state index in [1.54, 1.807) is 19.9 Å². The molecule has 0 bridgehead atoms. The highest BCUT2D eigenvalue weighted by Gasteiger charge is 2.47. The van der Waals surface area contributed by atoms with Crippen molar-refractivity contribution in [2.45, 2.75) is 50.5 Å². The molecular formula is C23H28N4O7S. The van der Waals surface area contributed by atoms with Crippen LogP contribution in [0.4, 0.5) is 0 Å². The van der Waals surface area contributed by atoms with Crippen LogP contribution in [-0.2, 0) is 33.8 Å². The lowest BCUT2D eigenvalue weighted by Gasteiger charge is -2.32. The monoisotopic (exact) mass is 504 g/mol. The van der Waals surface area contributed by atoms with Crippen LogP contribution >= 0.6 is 0 Å². The Kier molecular flexibility index (Phi) is 9.21. The molecule has 35 heavy (non-hydrogen) atoms. The number of benzene rings is 1. The summed E-state index contributed by atoms with van der Waals surface area (Å²) in [6.45, 7) is 5.38. The zero-order chi connectivity index (χ0) is 26.2. The van der Waals surface area contributed by atoms with E-state index in [9.17, 15) is 33.1 Å². The van der Waals surface area contributed by atoms with Crippen molar-refractivity contribution < 1.29 is 37.1 Å². The Bertz CT molecular complexity index is 1170. The number of imide groups is 1. The van der Waals surface area contributed by atoms with Crippen molar-refractivity contribution in [3.63, 3.8) is 0 Å². The molecule has 0 radical (unpaired) electrons. The average Bonchev–Trinajstić information content (AvgIpc) is 3.29. The lowest BCUT2D eigenvalue weighted by molar-refractivity contribution is -0.167. The molecule has 1 aliphatic heterocycles. The Labute approximate surface area is 203 Å². The summed E-state index contributed by atoms with van der Waals surface area (Å²) >= 11 is 0. The lowest BCUT2D eigenvalue weighted by Crippen LogP contribution is -2.52. The van der Waals surface area contributed by atoms with Gasteiger partial charge in [-0.1, -0.05) is 25.1 Å². The van der Waals surface area contributed by atoms with E-state index in [0.717, 1.165) is 16.4 Å². The van der Waals surface area contributed by atoms with Gasteiger partial charge >= 0.3 is 17.6 Å². The topological polar surface area (TPSA) is 155 Å². The van der Waals surface area contributed by atoms with Gasteiger partial charge in [-0.05, 0) is 44.9 Å². The van der Waals surface area contributed by atoms with E-state index in [-0.39, 0.29) is 37.4 Å². The number of carbonyl (C=O) groups excluding carboxylic acids is 4. The van der Waals surface area contributed by atoms with Gasteiger partial charge in [0.15, 0.2) is 9.84 Å². The number of likely N-dealkylation sites (N-methyl/N-ethyl adjacent to an activating group) is 1. The Morgan fingerprint density at radius 3 is 2.29 bits per heavy atom. The largest absolute Gasteiger partial charge is 0.463 e. The van der Waals surface area contributed by atoms with E-state index in [1.807, 2.05) is 0 Å². The van der Waals surface area contributed by atoms with Gasteiger partial charge in [0.25, 0.3) is 5.91 Å². The first-order chi connectivity index (χ1) is 16.6. The molecule has 0 spiro atoms. The molecule has 12 heteroatoms. The molecule has 0 N–H and O–H groups in total. The SMILES string of the molecule is CCN(CC)C(=O)[C@](/C=C/S(=O)(=O)c1ccccc1)(CC)OC(=O)C(=[N+]=[N-])C(=O)N1CCCC1=O. The maximum Gasteiger partial charge on any atom is 0.463 e. The number of nitrogens with zero attached hydrogens (tertiary/aromatic N) is 4. The molecule has 0 saturated carbocycles. The third-order valence-corrected chi connectivity index (χ3v) is 7.04. The molecule has 1 saturated heterocycles. The van der Waals surface area contributed by atoms with Crippen LogP contribution < -0.4 is 0 Å². The van der Waals surface area contributed by atoms with Crippen molar-refractivity contribution in [1.29, 1.82) is 0 Å². The molecule has 0 aliphatic carbocycles. The maximum absolute atomic E-state index is 13.4. The Balaban J connectivity index is 2.49. The maximum atomic E-state index is 13.4. The van der Waals surface area contributed by atoms with Gasteiger partial charge in [-0.25, -0.2) is 13.2 Å². The lowest BCUT2D eigenvalue weighted by atomic mass is 9.98. The highest BCUT2D eigenvalue weighted by molar-refractivity contribution is 7.94. The minimum atomic E-state index is -4.02. The second-order valence-electron chi connectivity index (χ2n) is 7.67. The Hall–Kier alpha value is -3.63. The van der Waals surface area contributed by atoms with Gasteiger partial charge in [0, 0.05) is 31.5 Å². The Morgan fingerprint density at radius 1 is 1.17 bits per heavy atom. The van der Waals surface area contributed by atoms with Gasteiger partial charge in [-0.15, -0.1) is 0 Å². The summed E-state index contributed by atoms with van der Waals surface area (Å²) in [6, 6.07) is 7.44. The third-order valence-electron chi connectivity index (χ3n) is 5.62. The summed E-state index contributed by atoms with van der Waals surface area (Å²) < 4.78 is 31.0. The van der Waals surface area contributed by atoms with E-state index in [1.165, 1.54) is 36.1 Å². The van der Waals surface area contributed by atoms with E-state index in [4.69, 9.17) is 4.74 Å². The van der Waals surface area contributed by atoms with Gasteiger partial charge < -0.3 is 15.2 Å². The van der Waals surface area contributed by atoms with E-state index in [2.05, 4.69) is 4.79 Å². The number of hydrogen-bond acceptors (Lipinski definition) is 7. The van der Waals surface area contributed by atoms with Gasteiger partial charge in [0.2, 0.25) is 11.5 Å². The molecule has 1 aromatic carbocycles. The number of carbonyl (C=O) groups is 4. The molecule has 1 aromatic rings. The number of esters is 1. The van der Waals surface area contributed by atoms with E-state index >= 15 is 0 Å². The van der Waals surface area contributed by atoms with Gasteiger partial charge in [0.05, 0.1) is 4.90 Å². The molecule has 11 nitrogen and oxygen atoms in total. The minimum Gasteiger partial charge on any atom is -0.436 e. The molecular weight excluding hydrogens is 476 g/mol. The van der Waals surface area contributed by atoms with Crippen LogP contribution in [0.5, 0.6) is 0 Å². The molecule has 1 aliphatic rings. The predicted molar refractivity (Wildman–Crippen MR) is 124 cm³/mol. The summed E-state index contributed by atoms with van der Waals surface area (Å²) in [4.78, 5) is 55.6. The van der Waals surface area contributed by atoms with Crippen molar-refractivity contribution >= 4 is 39.2 Å². The number of likely N-dealkylation sites (tertiary alicyclic amines) is 1. The van der Waals surface area contributed by atoms with E-state index < -0.39 is 44.8 Å². The molecule has 2 rings (SSSR count). The van der Waals surface area contributed by atoms with Crippen LogP contribution in [0.2, 0.25) is 0 Å². The zero-order valence-electron chi connectivity index (χ0n) is 19.8. The number of ether oxygens (including phenoxy) is 1. The van der Waals surface area contributed by atoms with Crippen molar-refractivity contribution in [3.05, 3.63) is 47.3 Å². The fraction of sp³-hybridized carbons (Fsp3) is 0.435. The second-order valence-corrected chi connectivity index (χ2v) is 9.51. The summed E-state index contributed by atoms with van der Waals surface area (Å²) in [7, 11) is -4.02. The highest BCUT2D eigenvalue weighted by Crippen LogP contribution is 2.25. The number of sulfone groups is 1. The quantitative estimate of drug-likeness (QED) is 0.153. The van der Waals surface area contributed by atoms with Crippen LogP contribution in [0.15, 0.2) is 46.7 Å². The molecule has 0 aromatic heterocycles. The summed E-state index contributed by atoms with van der Waals surface area (Å²) in [6.07, 6.45) is 1.25. The van der Waals surface area contributed by atoms with Gasteiger partial charge in [0.1, 0.15) is 0 Å². The fourth-order valence-corrected chi connectivity index (χ4v) is 4.62. The van der Waals surface area contributed by atoms with Crippen LogP contribution in [0.25, 0.3) is 5.53 Å². The summed E-state index contributed by atoms with van der Waals surface area (Å²) in [5.41, 5.74) is 6.13. The fourth-order valence-electron chi connectivity index (χ4n) is 3.53. The second kappa shape index (κ2) is 11.7. The minimum absolute atomic E-state index is 0.0382. The smallest absolute Gasteiger partial charge is 0.436 e. The van der Waals surface area contributed by atoms with Gasteiger partial charge in [-0.3, -0.25) is 19.3 Å². The van der Waals surface area contributed by atoms with Crippen LogP contribution in [0.1, 0.15) is 40.0 Å². The zero-order valence-corrected chi connectivity index (χ0v) is 20.7. The normalized spacial score (nSPS) is 15.4. The first kappa shape index (κ1) is 27.6. The first-order valence-electron chi connectivity index (χ1n) is 11.2. The van der Waals surface area contributed by atoms with Crippen molar-refractivity contribution in [3.8, 4) is 0 Å². The first-order valence-corrected chi connectivity index (χ1v) is 12.7. The van der Waals surface area contributed by atoms with Crippen molar-refractivity contribution in [2.75, 3.05) is 19.6 Å². The van der Waals surface area contributed by atoms with Crippen LogP contribution in [-0.4, -0.2) is 77.6 Å². The summed E-state index contributed by atoms with van der Waals surface area (Å²) in [5, 5.41) is 0.766. The molecule has 1 atom stereocenters. The standard InChI is InChI=1S/C23H28N4O7S/c1-4-23(22(31)26(5-2)6-3,14-16-35(32,33)17-11-8-7-9-12-17)34-21(30)19(25-24)20(29)27-15-10-13-18(27)28/h7-9,11-12,14,16H,4-6,10,13,15H2,1-3H3/b16-14+/t23-/m1/s1. The molecule has 0 unspecified atom stereocenters. The number of hydrogen-bond donors (Lipinski definition) is 0. The average molecular weight is 505 g/mol. The Morgan fingerprint density at radius 2 is 1.80 bits per heavy atom. The molecule has 1 heterocycles.